The molecule has 0 aliphatic carbocycles. The summed E-state index contributed by atoms with van der Waals surface area (Å²) in [6, 6.07) is 13.9. The van der Waals surface area contributed by atoms with Gasteiger partial charge < -0.3 is 18.6 Å². The Labute approximate surface area is 204 Å². The molecular formula is C24H18FNO6S2. The number of nitrogens with zero attached hydrogens (tertiary/aromatic N) is 1. The Hall–Kier alpha value is -3.63. The highest BCUT2D eigenvalue weighted by Crippen LogP contribution is 2.37. The van der Waals surface area contributed by atoms with Gasteiger partial charge in [0.25, 0.3) is 5.91 Å². The number of methoxy groups -OCH3 is 2. The normalized spacial score (nSPS) is 14.6. The number of thioether (sulfide) groups is 1. The molecule has 2 heterocycles. The standard InChI is InChI=1S/C24H18FNO6S2/c1-29-20-11-14(3-9-18(20)31-13-17-8-10-19(32-17)23(28)30-2)12-21-22(27)26(24(33)34-21)16-6-4-15(25)5-7-16/h3-12H,13H2,1-2H3/b21-12-. The third-order valence-electron chi connectivity index (χ3n) is 4.78. The first kappa shape index (κ1) is 23.5. The van der Waals surface area contributed by atoms with Crippen molar-refractivity contribution in [1.82, 2.24) is 0 Å². The van der Waals surface area contributed by atoms with Crippen LogP contribution in [0.5, 0.6) is 11.5 Å². The van der Waals surface area contributed by atoms with Gasteiger partial charge in [-0.05, 0) is 60.2 Å². The van der Waals surface area contributed by atoms with E-state index >= 15 is 0 Å². The average molecular weight is 500 g/mol. The molecule has 3 aromatic rings. The molecule has 1 saturated heterocycles. The fourth-order valence-corrected chi connectivity index (χ4v) is 4.44. The topological polar surface area (TPSA) is 78.2 Å². The number of carbonyl (C=O) groups excluding carboxylic acids is 2. The summed E-state index contributed by atoms with van der Waals surface area (Å²) in [5.74, 6) is 0.169. The lowest BCUT2D eigenvalue weighted by molar-refractivity contribution is -0.113. The summed E-state index contributed by atoms with van der Waals surface area (Å²) in [5, 5.41) is 0. The summed E-state index contributed by atoms with van der Waals surface area (Å²) in [4.78, 5) is 26.2. The van der Waals surface area contributed by atoms with Gasteiger partial charge >= 0.3 is 5.97 Å². The Kier molecular flexibility index (Phi) is 6.99. The molecule has 174 valence electrons. The van der Waals surface area contributed by atoms with Crippen molar-refractivity contribution in [3.63, 3.8) is 0 Å². The molecule has 1 aliphatic rings. The molecule has 34 heavy (non-hydrogen) atoms. The third-order valence-corrected chi connectivity index (χ3v) is 6.08. The van der Waals surface area contributed by atoms with E-state index in [9.17, 15) is 14.0 Å². The molecule has 0 N–H and O–H groups in total. The summed E-state index contributed by atoms with van der Waals surface area (Å²) < 4.78 is 34.8. The fraction of sp³-hybridized carbons (Fsp3) is 0.125. The zero-order valence-electron chi connectivity index (χ0n) is 18.1. The lowest BCUT2D eigenvalue weighted by atomic mass is 10.1. The zero-order chi connectivity index (χ0) is 24.2. The largest absolute Gasteiger partial charge is 0.493 e. The van der Waals surface area contributed by atoms with Crippen LogP contribution in [0.2, 0.25) is 0 Å². The number of esters is 1. The van der Waals surface area contributed by atoms with Gasteiger partial charge in [-0.15, -0.1) is 0 Å². The maximum atomic E-state index is 13.2. The predicted octanol–water partition coefficient (Wildman–Crippen LogP) is 5.20. The molecule has 1 amide bonds. The van der Waals surface area contributed by atoms with E-state index in [1.165, 1.54) is 49.5 Å². The van der Waals surface area contributed by atoms with Crippen LogP contribution in [0, 0.1) is 5.82 Å². The fourth-order valence-electron chi connectivity index (χ4n) is 3.14. The van der Waals surface area contributed by atoms with Crippen LogP contribution in [0.15, 0.2) is 63.9 Å². The van der Waals surface area contributed by atoms with E-state index in [1.54, 1.807) is 30.3 Å². The first-order valence-electron chi connectivity index (χ1n) is 9.91. The Morgan fingerprint density at radius 2 is 1.88 bits per heavy atom. The van der Waals surface area contributed by atoms with Crippen molar-refractivity contribution in [2.45, 2.75) is 6.61 Å². The van der Waals surface area contributed by atoms with Crippen molar-refractivity contribution < 1.29 is 32.6 Å². The van der Waals surface area contributed by atoms with Gasteiger partial charge in [0.2, 0.25) is 5.76 Å². The van der Waals surface area contributed by atoms with E-state index in [-0.39, 0.29) is 18.3 Å². The second-order valence-electron chi connectivity index (χ2n) is 6.95. The van der Waals surface area contributed by atoms with E-state index in [0.29, 0.717) is 37.7 Å². The zero-order valence-corrected chi connectivity index (χ0v) is 19.7. The number of carbonyl (C=O) groups is 2. The first-order valence-corrected chi connectivity index (χ1v) is 11.1. The smallest absolute Gasteiger partial charge is 0.373 e. The number of halogens is 1. The minimum atomic E-state index is -0.571. The Morgan fingerprint density at radius 3 is 2.59 bits per heavy atom. The molecule has 2 aromatic carbocycles. The van der Waals surface area contributed by atoms with Gasteiger partial charge in [0.05, 0.1) is 24.8 Å². The maximum absolute atomic E-state index is 13.2. The van der Waals surface area contributed by atoms with E-state index in [4.69, 9.17) is 26.1 Å². The molecule has 1 aromatic heterocycles. The highest BCUT2D eigenvalue weighted by atomic mass is 32.2. The van der Waals surface area contributed by atoms with Gasteiger partial charge in [-0.25, -0.2) is 9.18 Å². The molecule has 0 saturated carbocycles. The number of thiocarbonyl (C=S) groups is 1. The second kappa shape index (κ2) is 10.1. The molecule has 1 aliphatic heterocycles. The van der Waals surface area contributed by atoms with Crippen molar-refractivity contribution in [1.29, 1.82) is 0 Å². The molecule has 0 spiro atoms. The first-order chi connectivity index (χ1) is 16.4. The van der Waals surface area contributed by atoms with Crippen LogP contribution in [0.4, 0.5) is 10.1 Å². The summed E-state index contributed by atoms with van der Waals surface area (Å²) in [6.07, 6.45) is 1.70. The van der Waals surface area contributed by atoms with Crippen LogP contribution in [-0.4, -0.2) is 30.4 Å². The summed E-state index contributed by atoms with van der Waals surface area (Å²) >= 11 is 6.51. The van der Waals surface area contributed by atoms with E-state index < -0.39 is 11.8 Å². The predicted molar refractivity (Wildman–Crippen MR) is 129 cm³/mol. The van der Waals surface area contributed by atoms with E-state index in [0.717, 1.165) is 11.8 Å². The number of rotatable bonds is 7. The van der Waals surface area contributed by atoms with E-state index in [1.807, 2.05) is 0 Å². The second-order valence-corrected chi connectivity index (χ2v) is 8.63. The van der Waals surface area contributed by atoms with E-state index in [2.05, 4.69) is 4.74 Å². The number of benzene rings is 2. The Balaban J connectivity index is 1.49. The number of anilines is 1. The van der Waals surface area contributed by atoms with Crippen LogP contribution in [-0.2, 0) is 16.1 Å². The maximum Gasteiger partial charge on any atom is 0.373 e. The minimum absolute atomic E-state index is 0.0724. The van der Waals surface area contributed by atoms with Crippen LogP contribution < -0.4 is 14.4 Å². The van der Waals surface area contributed by atoms with Gasteiger partial charge in [0.1, 0.15) is 18.2 Å². The van der Waals surface area contributed by atoms with Gasteiger partial charge in [-0.2, -0.15) is 0 Å². The summed E-state index contributed by atoms with van der Waals surface area (Å²) in [6.45, 7) is 0.0724. The minimum Gasteiger partial charge on any atom is -0.493 e. The van der Waals surface area contributed by atoms with Crippen LogP contribution >= 0.6 is 24.0 Å². The molecule has 4 rings (SSSR count). The average Bonchev–Trinajstić information content (AvgIpc) is 3.42. The van der Waals surface area contributed by atoms with Crippen molar-refractivity contribution in [3.8, 4) is 11.5 Å². The monoisotopic (exact) mass is 499 g/mol. The highest BCUT2D eigenvalue weighted by Gasteiger charge is 2.33. The number of ether oxygens (including phenoxy) is 3. The Bertz CT molecular complexity index is 1280. The quantitative estimate of drug-likeness (QED) is 0.249. The molecule has 7 nitrogen and oxygen atoms in total. The molecule has 10 heteroatoms. The Morgan fingerprint density at radius 1 is 1.12 bits per heavy atom. The van der Waals surface area contributed by atoms with Crippen molar-refractivity contribution in [2.75, 3.05) is 19.1 Å². The number of hydrogen-bond donors (Lipinski definition) is 0. The number of hydrogen-bond acceptors (Lipinski definition) is 8. The van der Waals surface area contributed by atoms with Crippen LogP contribution in [0.25, 0.3) is 6.08 Å². The van der Waals surface area contributed by atoms with Crippen molar-refractivity contribution >= 4 is 51.9 Å². The van der Waals surface area contributed by atoms with Gasteiger partial charge in [-0.3, -0.25) is 9.69 Å². The SMILES string of the molecule is COC(=O)c1ccc(COc2ccc(/C=C3\SC(=S)N(c4ccc(F)cc4)C3=O)cc2OC)o1. The number of furan rings is 1. The number of amides is 1. The molecular weight excluding hydrogens is 481 g/mol. The summed E-state index contributed by atoms with van der Waals surface area (Å²) in [5.41, 5.74) is 1.21. The van der Waals surface area contributed by atoms with Crippen LogP contribution in [0.1, 0.15) is 21.9 Å². The molecule has 1 fully saturated rings. The third kappa shape index (κ3) is 4.97. The van der Waals surface area contributed by atoms with Gasteiger partial charge in [0, 0.05) is 0 Å². The van der Waals surface area contributed by atoms with Gasteiger partial charge in [-0.1, -0.05) is 30.0 Å². The summed E-state index contributed by atoms with van der Waals surface area (Å²) in [7, 11) is 2.77. The lowest BCUT2D eigenvalue weighted by Crippen LogP contribution is -2.27. The van der Waals surface area contributed by atoms with Crippen molar-refractivity contribution in [3.05, 3.63) is 82.4 Å². The molecule has 0 bridgehead atoms. The van der Waals surface area contributed by atoms with Crippen molar-refractivity contribution in [2.24, 2.45) is 0 Å². The molecule has 0 unspecified atom stereocenters. The molecule has 0 atom stereocenters. The highest BCUT2D eigenvalue weighted by molar-refractivity contribution is 8.27. The van der Waals surface area contributed by atoms with Crippen LogP contribution in [0.3, 0.4) is 0 Å². The lowest BCUT2D eigenvalue weighted by Gasteiger charge is -2.14. The van der Waals surface area contributed by atoms with Gasteiger partial charge in [0.15, 0.2) is 15.8 Å². The molecule has 0 radical (unpaired) electrons.